The van der Waals surface area contributed by atoms with Crippen molar-refractivity contribution in [2.24, 2.45) is 5.92 Å². The van der Waals surface area contributed by atoms with Crippen LogP contribution in [0.4, 0.5) is 4.79 Å². The molecule has 0 aromatic heterocycles. The Morgan fingerprint density at radius 2 is 1.49 bits per heavy atom. The van der Waals surface area contributed by atoms with Gasteiger partial charge in [-0.25, -0.2) is 4.79 Å². The second-order valence-electron chi connectivity index (χ2n) is 12.3. The summed E-state index contributed by atoms with van der Waals surface area (Å²) >= 11 is 0. The number of carbonyl (C=O) groups is 3. The maximum absolute atomic E-state index is 13.6. The van der Waals surface area contributed by atoms with E-state index in [1.54, 1.807) is 39.0 Å². The maximum atomic E-state index is 13.6. The lowest BCUT2D eigenvalue weighted by Crippen LogP contribution is -2.39. The lowest BCUT2D eigenvalue weighted by atomic mass is 9.91. The Morgan fingerprint density at radius 3 is 2.18 bits per heavy atom. The van der Waals surface area contributed by atoms with Crippen LogP contribution in [-0.2, 0) is 25.6 Å². The molecule has 0 aliphatic carbocycles. The quantitative estimate of drug-likeness (QED) is 0.199. The largest absolute Gasteiger partial charge is 0.484 e. The molecule has 0 spiro atoms. The molecule has 0 radical (unpaired) electrons. The molecule has 3 aromatic rings. The molecule has 0 saturated carbocycles. The number of nitrogens with one attached hydrogen (secondary N) is 2. The normalized spacial score (nSPS) is 14.6. The fourth-order valence-electron chi connectivity index (χ4n) is 5.21. The summed E-state index contributed by atoms with van der Waals surface area (Å²) in [4.78, 5) is 40.1. The molecule has 4 rings (SSSR count). The molecule has 2 amide bonds. The number of alkyl carbamates (subject to hydrolysis) is 1. The summed E-state index contributed by atoms with van der Waals surface area (Å²) in [5.74, 6) is -0.472. The third-order valence-corrected chi connectivity index (χ3v) is 7.46. The van der Waals surface area contributed by atoms with E-state index in [-0.39, 0.29) is 31.6 Å². The van der Waals surface area contributed by atoms with Crippen molar-refractivity contribution < 1.29 is 28.6 Å². The van der Waals surface area contributed by atoms with Crippen LogP contribution >= 0.6 is 0 Å². The molecule has 0 bridgehead atoms. The van der Waals surface area contributed by atoms with Crippen LogP contribution in [0, 0.1) is 5.92 Å². The minimum Gasteiger partial charge on any atom is -0.484 e. The zero-order valence-electron chi connectivity index (χ0n) is 26.5. The molecular formula is C36H45N3O6. The van der Waals surface area contributed by atoms with Crippen molar-refractivity contribution in [2.75, 3.05) is 39.4 Å². The Hall–Kier alpha value is -4.37. The van der Waals surface area contributed by atoms with Crippen molar-refractivity contribution in [1.82, 2.24) is 15.5 Å². The number of piperidine rings is 1. The predicted octanol–water partition coefficient (Wildman–Crippen LogP) is 5.29. The van der Waals surface area contributed by atoms with Crippen molar-refractivity contribution in [3.8, 4) is 5.75 Å². The highest BCUT2D eigenvalue weighted by Gasteiger charge is 2.27. The first-order valence-electron chi connectivity index (χ1n) is 15.6. The van der Waals surface area contributed by atoms with Crippen molar-refractivity contribution in [2.45, 2.75) is 51.7 Å². The highest BCUT2D eigenvalue weighted by Crippen LogP contribution is 2.30. The van der Waals surface area contributed by atoms with Gasteiger partial charge in [0.05, 0.1) is 6.61 Å². The van der Waals surface area contributed by atoms with Gasteiger partial charge >= 0.3 is 12.1 Å². The van der Waals surface area contributed by atoms with Crippen LogP contribution in [0.5, 0.6) is 5.75 Å². The van der Waals surface area contributed by atoms with Crippen molar-refractivity contribution in [3.05, 3.63) is 102 Å². The van der Waals surface area contributed by atoms with Gasteiger partial charge in [0, 0.05) is 19.6 Å². The molecule has 9 heteroatoms. The number of carbonyl (C=O) groups excluding carboxylic acids is 3. The zero-order chi connectivity index (χ0) is 32.1. The first-order chi connectivity index (χ1) is 21.7. The third-order valence-electron chi connectivity index (χ3n) is 7.46. The van der Waals surface area contributed by atoms with Gasteiger partial charge in [0.25, 0.3) is 5.91 Å². The van der Waals surface area contributed by atoms with Crippen LogP contribution in [0.3, 0.4) is 0 Å². The van der Waals surface area contributed by atoms with Crippen LogP contribution in [0.15, 0.2) is 84.9 Å². The maximum Gasteiger partial charge on any atom is 0.407 e. The molecule has 1 atom stereocenters. The standard InChI is InChI=1S/C36H45N3O6/c1-36(2,3)45-35(42)38-20-19-37-32(40)26-43-31-16-10-15-30(23-31)33(29-13-8-5-9-14-29)34(41)44-25-28-17-21-39(22-18-28)24-27-11-6-4-7-12-27/h4-16,23,28,33H,17-22,24-26H2,1-3H3,(H,37,40)(H,38,42). The van der Waals surface area contributed by atoms with Gasteiger partial charge in [-0.1, -0.05) is 72.8 Å². The molecule has 45 heavy (non-hydrogen) atoms. The van der Waals surface area contributed by atoms with Gasteiger partial charge in [-0.2, -0.15) is 0 Å². The molecule has 240 valence electrons. The van der Waals surface area contributed by atoms with Gasteiger partial charge in [-0.3, -0.25) is 14.5 Å². The molecule has 1 unspecified atom stereocenters. The van der Waals surface area contributed by atoms with Gasteiger partial charge in [0.1, 0.15) is 17.3 Å². The highest BCUT2D eigenvalue weighted by atomic mass is 16.6. The van der Waals surface area contributed by atoms with Crippen molar-refractivity contribution in [1.29, 1.82) is 0 Å². The summed E-state index contributed by atoms with van der Waals surface area (Å²) in [5.41, 5.74) is 2.27. The van der Waals surface area contributed by atoms with Gasteiger partial charge in [-0.05, 0) is 81.4 Å². The minimum absolute atomic E-state index is 0.209. The van der Waals surface area contributed by atoms with Gasteiger partial charge in [0.2, 0.25) is 0 Å². The van der Waals surface area contributed by atoms with Gasteiger partial charge in [0.15, 0.2) is 6.61 Å². The Bertz CT molecular complexity index is 1370. The highest BCUT2D eigenvalue weighted by molar-refractivity contribution is 5.82. The molecule has 3 aromatic carbocycles. The number of rotatable bonds is 13. The van der Waals surface area contributed by atoms with E-state index in [4.69, 9.17) is 14.2 Å². The molecule has 1 heterocycles. The van der Waals surface area contributed by atoms with E-state index in [2.05, 4.69) is 39.8 Å². The Morgan fingerprint density at radius 1 is 0.844 bits per heavy atom. The summed E-state index contributed by atoms with van der Waals surface area (Å²) in [6, 6.07) is 27.2. The molecular weight excluding hydrogens is 570 g/mol. The van der Waals surface area contributed by atoms with E-state index >= 15 is 0 Å². The number of likely N-dealkylation sites (tertiary alicyclic amines) is 1. The van der Waals surface area contributed by atoms with Crippen LogP contribution < -0.4 is 15.4 Å². The third kappa shape index (κ3) is 11.6. The SMILES string of the molecule is CC(C)(C)OC(=O)NCCNC(=O)COc1cccc(C(C(=O)OCC2CCN(Cc3ccccc3)CC2)c2ccccc2)c1. The average Bonchev–Trinajstić information content (AvgIpc) is 3.02. The topological polar surface area (TPSA) is 106 Å². The number of hydrogen-bond donors (Lipinski definition) is 2. The second-order valence-corrected chi connectivity index (χ2v) is 12.3. The lowest BCUT2D eigenvalue weighted by molar-refractivity contribution is -0.146. The Kier molecular flexibility index (Phi) is 12.4. The minimum atomic E-state index is -0.624. The molecule has 1 aliphatic rings. The number of amides is 2. The van der Waals surface area contributed by atoms with Crippen LogP contribution in [-0.4, -0.2) is 67.9 Å². The first kappa shape index (κ1) is 33.5. The van der Waals surface area contributed by atoms with Crippen LogP contribution in [0.25, 0.3) is 0 Å². The molecule has 1 aliphatic heterocycles. The van der Waals surface area contributed by atoms with Crippen LogP contribution in [0.1, 0.15) is 56.2 Å². The predicted molar refractivity (Wildman–Crippen MR) is 173 cm³/mol. The zero-order valence-corrected chi connectivity index (χ0v) is 26.5. The monoisotopic (exact) mass is 615 g/mol. The van der Waals surface area contributed by atoms with E-state index in [1.165, 1.54) is 5.56 Å². The molecule has 2 N–H and O–H groups in total. The molecule has 1 fully saturated rings. The van der Waals surface area contributed by atoms with E-state index in [0.717, 1.165) is 43.6 Å². The number of esters is 1. The van der Waals surface area contributed by atoms with E-state index in [1.807, 2.05) is 42.5 Å². The van der Waals surface area contributed by atoms with Crippen LogP contribution in [0.2, 0.25) is 0 Å². The Balaban J connectivity index is 1.27. The summed E-state index contributed by atoms with van der Waals surface area (Å²) in [7, 11) is 0. The second kappa shape index (κ2) is 16.6. The van der Waals surface area contributed by atoms with Crippen molar-refractivity contribution in [3.63, 3.8) is 0 Å². The van der Waals surface area contributed by atoms with Gasteiger partial charge in [-0.15, -0.1) is 0 Å². The molecule has 9 nitrogen and oxygen atoms in total. The van der Waals surface area contributed by atoms with E-state index in [9.17, 15) is 14.4 Å². The molecule has 1 saturated heterocycles. The summed E-state index contributed by atoms with van der Waals surface area (Å²) in [6.45, 7) is 8.88. The van der Waals surface area contributed by atoms with Crippen molar-refractivity contribution >= 4 is 18.0 Å². The number of ether oxygens (including phenoxy) is 3. The lowest BCUT2D eigenvalue weighted by Gasteiger charge is -2.32. The van der Waals surface area contributed by atoms with Gasteiger partial charge < -0.3 is 24.8 Å². The summed E-state index contributed by atoms with van der Waals surface area (Å²) < 4.78 is 16.9. The number of hydrogen-bond acceptors (Lipinski definition) is 7. The number of benzene rings is 3. The Labute approximate surface area is 266 Å². The fraction of sp³-hybridized carbons (Fsp3) is 0.417. The summed E-state index contributed by atoms with van der Waals surface area (Å²) in [6.07, 6.45) is 1.43. The van der Waals surface area contributed by atoms with E-state index in [0.29, 0.717) is 18.3 Å². The van der Waals surface area contributed by atoms with E-state index < -0.39 is 17.6 Å². The fourth-order valence-corrected chi connectivity index (χ4v) is 5.21. The smallest absolute Gasteiger partial charge is 0.407 e. The average molecular weight is 616 g/mol. The number of nitrogens with zero attached hydrogens (tertiary/aromatic N) is 1. The first-order valence-corrected chi connectivity index (χ1v) is 15.6. The summed E-state index contributed by atoms with van der Waals surface area (Å²) in [5, 5.41) is 5.30.